The average molecular weight is 676 g/mol. The van der Waals surface area contributed by atoms with Crippen molar-refractivity contribution in [1.82, 2.24) is 4.31 Å². The third-order valence-electron chi connectivity index (χ3n) is 13.8. The van der Waals surface area contributed by atoms with Gasteiger partial charge in [-0.3, -0.25) is 4.79 Å². The molecule has 5 unspecified atom stereocenters. The summed E-state index contributed by atoms with van der Waals surface area (Å²) in [4.78, 5) is 11.6. The molecule has 4 aliphatic carbocycles. The molecule has 0 aliphatic heterocycles. The van der Waals surface area contributed by atoms with Gasteiger partial charge in [-0.15, -0.1) is 0 Å². The number of ether oxygens (including phenoxy) is 1. The number of carboxylic acids is 1. The van der Waals surface area contributed by atoms with Gasteiger partial charge in [-0.25, -0.2) is 12.7 Å². The van der Waals surface area contributed by atoms with Gasteiger partial charge in [-0.2, -0.15) is 0 Å². The number of unbranched alkanes of at least 4 members (excludes halogenated alkanes) is 3. The number of hydrogen-bond acceptors (Lipinski definition) is 6. The lowest BCUT2D eigenvalue weighted by Crippen LogP contribution is -2.62. The third-order valence-corrected chi connectivity index (χ3v) is 15.6. The van der Waals surface area contributed by atoms with Crippen molar-refractivity contribution in [3.8, 4) is 0 Å². The first-order chi connectivity index (χ1) is 22.2. The lowest BCUT2D eigenvalue weighted by Gasteiger charge is -2.63. The minimum absolute atomic E-state index is 0.0873. The number of fused-ring (bicyclic) bond motifs is 5. The Labute approximate surface area is 283 Å². The fraction of sp³-hybridized carbons (Fsp3) is 0.816. The molecule has 0 aromatic heterocycles. The highest BCUT2D eigenvalue weighted by Crippen LogP contribution is 2.68. The molecule has 0 spiro atoms. The molecule has 0 bridgehead atoms. The first kappa shape index (κ1) is 36.8. The zero-order valence-corrected chi connectivity index (χ0v) is 30.3. The predicted molar refractivity (Wildman–Crippen MR) is 183 cm³/mol. The molecule has 0 saturated heterocycles. The lowest BCUT2D eigenvalue weighted by molar-refractivity contribution is -0.209. The molecule has 266 valence electrons. The van der Waals surface area contributed by atoms with Gasteiger partial charge in [0.05, 0.1) is 23.2 Å². The topological polar surface area (TPSA) is 124 Å². The fourth-order valence-electron chi connectivity index (χ4n) is 10.9. The Bertz CT molecular complexity index is 1320. The van der Waals surface area contributed by atoms with Gasteiger partial charge in [0.25, 0.3) is 0 Å². The lowest BCUT2D eigenvalue weighted by atomic mass is 9.43. The summed E-state index contributed by atoms with van der Waals surface area (Å²) in [5.41, 5.74) is 0.858. The number of aliphatic hydroxyl groups is 2. The summed E-state index contributed by atoms with van der Waals surface area (Å²) in [6.07, 6.45) is 10.6. The second kappa shape index (κ2) is 14.8. The highest BCUT2D eigenvalue weighted by Gasteiger charge is 2.65. The molecule has 4 saturated carbocycles. The van der Waals surface area contributed by atoms with E-state index in [1.165, 1.54) is 4.31 Å². The van der Waals surface area contributed by atoms with Gasteiger partial charge in [0.2, 0.25) is 10.0 Å². The van der Waals surface area contributed by atoms with E-state index in [2.05, 4.69) is 20.8 Å². The van der Waals surface area contributed by atoms with E-state index >= 15 is 0 Å². The van der Waals surface area contributed by atoms with Crippen molar-refractivity contribution in [2.45, 2.75) is 134 Å². The van der Waals surface area contributed by atoms with Gasteiger partial charge in [-0.05, 0) is 130 Å². The van der Waals surface area contributed by atoms with Crippen LogP contribution in [0.5, 0.6) is 0 Å². The molecule has 11 atom stereocenters. The average Bonchev–Trinajstić information content (AvgIpc) is 3.38. The summed E-state index contributed by atoms with van der Waals surface area (Å²) >= 11 is 0. The predicted octanol–water partition coefficient (Wildman–Crippen LogP) is 6.66. The van der Waals surface area contributed by atoms with Gasteiger partial charge in [0.15, 0.2) is 0 Å². The van der Waals surface area contributed by atoms with Crippen LogP contribution in [0.1, 0.15) is 110 Å². The third kappa shape index (κ3) is 7.35. The van der Waals surface area contributed by atoms with Crippen molar-refractivity contribution in [2.24, 2.45) is 46.3 Å². The quantitative estimate of drug-likeness (QED) is 0.188. The maximum Gasteiger partial charge on any atom is 0.303 e. The number of rotatable bonds is 14. The van der Waals surface area contributed by atoms with E-state index in [9.17, 15) is 28.5 Å². The number of sulfonamides is 1. The molecule has 9 heteroatoms. The highest BCUT2D eigenvalue weighted by atomic mass is 32.2. The number of benzene rings is 1. The smallest absolute Gasteiger partial charge is 0.303 e. The molecular formula is C38H61NO7S. The Morgan fingerprint density at radius 2 is 1.70 bits per heavy atom. The maximum atomic E-state index is 12.8. The molecule has 8 nitrogen and oxygen atoms in total. The molecule has 3 N–H and O–H groups in total. The molecule has 0 heterocycles. The maximum absolute atomic E-state index is 12.8. The summed E-state index contributed by atoms with van der Waals surface area (Å²) in [5.74, 6) is 0.929. The first-order valence-electron chi connectivity index (χ1n) is 18.4. The van der Waals surface area contributed by atoms with Crippen molar-refractivity contribution in [3.63, 3.8) is 0 Å². The SMILES string of the molecule is Cc1ccc(S(=O)(=O)N(C)CCCCCCO[C@H]2CC[C@]3(C)C4C[C@H](O)[C@]5(C)C(C(C)CCC(=O)O)CC[C@H]5C4C(O)C[C@@H]3C2)cc1. The summed E-state index contributed by atoms with van der Waals surface area (Å²) < 4.78 is 33.5. The molecule has 4 fully saturated rings. The summed E-state index contributed by atoms with van der Waals surface area (Å²) in [6.45, 7) is 9.98. The summed E-state index contributed by atoms with van der Waals surface area (Å²) in [7, 11) is -1.80. The monoisotopic (exact) mass is 675 g/mol. The first-order valence-corrected chi connectivity index (χ1v) is 19.9. The number of carboxylic acid groups (broad SMARTS) is 1. The Hall–Kier alpha value is -1.52. The number of carbonyl (C=O) groups is 1. The van der Waals surface area contributed by atoms with Crippen LogP contribution in [-0.4, -0.2) is 72.5 Å². The second-order valence-electron chi connectivity index (χ2n) is 16.3. The van der Waals surface area contributed by atoms with E-state index in [1.807, 2.05) is 19.1 Å². The van der Waals surface area contributed by atoms with Gasteiger partial charge >= 0.3 is 5.97 Å². The van der Waals surface area contributed by atoms with Gasteiger partial charge in [-0.1, -0.05) is 51.3 Å². The second-order valence-corrected chi connectivity index (χ2v) is 18.4. The minimum Gasteiger partial charge on any atom is -0.481 e. The molecule has 5 rings (SSSR count). The highest BCUT2D eigenvalue weighted by molar-refractivity contribution is 7.89. The van der Waals surface area contributed by atoms with Crippen molar-refractivity contribution in [1.29, 1.82) is 0 Å². The molecule has 1 aromatic rings. The van der Waals surface area contributed by atoms with Crippen molar-refractivity contribution in [2.75, 3.05) is 20.2 Å². The Balaban J connectivity index is 1.08. The van der Waals surface area contributed by atoms with E-state index in [0.29, 0.717) is 36.3 Å². The van der Waals surface area contributed by atoms with Crippen LogP contribution < -0.4 is 0 Å². The van der Waals surface area contributed by atoms with Crippen LogP contribution in [-0.2, 0) is 19.6 Å². The van der Waals surface area contributed by atoms with Crippen LogP contribution in [0.4, 0.5) is 0 Å². The molecule has 0 radical (unpaired) electrons. The van der Waals surface area contributed by atoms with Crippen molar-refractivity contribution < 1.29 is 33.3 Å². The molecule has 0 amide bonds. The molecule has 4 aliphatic rings. The number of nitrogens with zero attached hydrogens (tertiary/aromatic N) is 1. The van der Waals surface area contributed by atoms with Crippen LogP contribution in [0.3, 0.4) is 0 Å². The molecule has 47 heavy (non-hydrogen) atoms. The van der Waals surface area contributed by atoms with Gasteiger partial charge < -0.3 is 20.1 Å². The van der Waals surface area contributed by atoms with E-state index < -0.39 is 22.1 Å². The Kier molecular flexibility index (Phi) is 11.5. The van der Waals surface area contributed by atoms with Gasteiger partial charge in [0, 0.05) is 26.6 Å². The van der Waals surface area contributed by atoms with Crippen LogP contribution >= 0.6 is 0 Å². The van der Waals surface area contributed by atoms with Crippen molar-refractivity contribution in [3.05, 3.63) is 29.8 Å². The number of hydrogen-bond donors (Lipinski definition) is 3. The Morgan fingerprint density at radius 3 is 2.40 bits per heavy atom. The number of aliphatic carboxylic acids is 1. The van der Waals surface area contributed by atoms with Crippen LogP contribution in [0.15, 0.2) is 29.2 Å². The fourth-order valence-corrected chi connectivity index (χ4v) is 12.1. The normalized spacial score (nSPS) is 37.6. The van der Waals surface area contributed by atoms with E-state index in [4.69, 9.17) is 4.74 Å². The van der Waals surface area contributed by atoms with Crippen LogP contribution in [0.25, 0.3) is 0 Å². The Morgan fingerprint density at radius 1 is 1.00 bits per heavy atom. The molecular weight excluding hydrogens is 614 g/mol. The number of aryl methyl sites for hydroxylation is 1. The standard InChI is InChI=1S/C38H61NO7S/c1-25-10-13-29(14-11-25)47(44,45)39(5)20-8-6-7-9-21-46-28-18-19-37(3)27(22-28)23-33(40)36-31-16-15-30(26(2)12-17-35(42)43)38(31,4)34(41)24-32(36)37/h10-11,13-14,26-28,30-34,36,40-41H,6-9,12,15-24H2,1-5H3,(H,42,43)/t26?,27-,28-,30?,31-,32?,33?,34-,36?,37-,38+/m0/s1. The zero-order chi connectivity index (χ0) is 34.1. The van der Waals surface area contributed by atoms with E-state index in [1.54, 1.807) is 19.2 Å². The van der Waals surface area contributed by atoms with E-state index in [0.717, 1.165) is 76.2 Å². The minimum atomic E-state index is -3.46. The zero-order valence-electron chi connectivity index (χ0n) is 29.4. The summed E-state index contributed by atoms with van der Waals surface area (Å²) in [6, 6.07) is 7.01. The van der Waals surface area contributed by atoms with Crippen LogP contribution in [0.2, 0.25) is 0 Å². The van der Waals surface area contributed by atoms with E-state index in [-0.39, 0.29) is 53.1 Å². The largest absolute Gasteiger partial charge is 0.481 e. The van der Waals surface area contributed by atoms with Crippen molar-refractivity contribution >= 4 is 16.0 Å². The van der Waals surface area contributed by atoms with Crippen LogP contribution in [0, 0.1) is 53.3 Å². The number of aliphatic hydroxyl groups excluding tert-OH is 2. The molecule has 1 aromatic carbocycles. The van der Waals surface area contributed by atoms with Gasteiger partial charge in [0.1, 0.15) is 0 Å². The summed E-state index contributed by atoms with van der Waals surface area (Å²) in [5, 5.41) is 32.8.